The minimum absolute atomic E-state index is 0.237. The van der Waals surface area contributed by atoms with E-state index in [1.165, 1.54) is 25.3 Å². The van der Waals surface area contributed by atoms with Crippen molar-refractivity contribution in [1.29, 1.82) is 0 Å². The van der Waals surface area contributed by atoms with Crippen LogP contribution in [0.3, 0.4) is 0 Å². The lowest BCUT2D eigenvalue weighted by Crippen LogP contribution is -2.22. The highest BCUT2D eigenvalue weighted by Crippen LogP contribution is 2.32. The number of carbonyl (C=O) groups excluding carboxylic acids is 1. The Morgan fingerprint density at radius 3 is 2.76 bits per heavy atom. The molecule has 1 aromatic rings. The first kappa shape index (κ1) is 15.5. The molecule has 1 aliphatic rings. The number of thiocarbonyl (C=S) groups is 1. The molecule has 4 nitrogen and oxygen atoms in total. The average molecular weight is 318 g/mol. The van der Waals surface area contributed by atoms with Gasteiger partial charge in [-0.15, -0.1) is 5.10 Å². The number of benzene rings is 1. The van der Waals surface area contributed by atoms with Crippen LogP contribution in [0.15, 0.2) is 52.0 Å². The van der Waals surface area contributed by atoms with Crippen molar-refractivity contribution in [3.8, 4) is 0 Å². The van der Waals surface area contributed by atoms with Crippen molar-refractivity contribution in [3.63, 3.8) is 0 Å². The first-order valence-electron chi connectivity index (χ1n) is 6.18. The maximum Gasteiger partial charge on any atom is 0.286 e. The van der Waals surface area contributed by atoms with Crippen molar-refractivity contribution in [2.45, 2.75) is 6.92 Å². The third-order valence-corrected chi connectivity index (χ3v) is 3.88. The number of rotatable bonds is 4. The number of nitrogens with zero attached hydrogens (tertiary/aromatic N) is 2. The number of hydrogen-bond donors (Lipinski definition) is 0. The van der Waals surface area contributed by atoms with Crippen LogP contribution in [0, 0.1) is 0 Å². The van der Waals surface area contributed by atoms with E-state index in [1.807, 2.05) is 49.4 Å². The van der Waals surface area contributed by atoms with Crippen molar-refractivity contribution < 1.29 is 9.53 Å². The van der Waals surface area contributed by atoms with Crippen molar-refractivity contribution >= 4 is 46.7 Å². The summed E-state index contributed by atoms with van der Waals surface area (Å²) in [6, 6.07) is 9.92. The summed E-state index contributed by atoms with van der Waals surface area (Å²) in [4.78, 5) is 12.7. The predicted octanol–water partition coefficient (Wildman–Crippen LogP) is 3.42. The summed E-state index contributed by atoms with van der Waals surface area (Å²) in [5.41, 5.74) is 2.05. The zero-order valence-corrected chi connectivity index (χ0v) is 13.3. The normalized spacial score (nSPS) is 18.1. The highest BCUT2D eigenvalue weighted by atomic mass is 32.2. The van der Waals surface area contributed by atoms with E-state index in [9.17, 15) is 4.79 Å². The summed E-state index contributed by atoms with van der Waals surface area (Å²) < 4.78 is 5.11. The fourth-order valence-corrected chi connectivity index (χ4v) is 2.94. The Labute approximate surface area is 133 Å². The van der Waals surface area contributed by atoms with Crippen LogP contribution < -0.4 is 0 Å². The molecule has 0 spiro atoms. The first-order valence-corrected chi connectivity index (χ1v) is 7.41. The van der Waals surface area contributed by atoms with E-state index in [2.05, 4.69) is 5.10 Å². The summed E-state index contributed by atoms with van der Waals surface area (Å²) in [7, 11) is 1.46. The fourth-order valence-electron chi connectivity index (χ4n) is 1.71. The van der Waals surface area contributed by atoms with Crippen LogP contribution in [0.2, 0.25) is 0 Å². The quantitative estimate of drug-likeness (QED) is 0.369. The van der Waals surface area contributed by atoms with Crippen LogP contribution in [-0.4, -0.2) is 28.7 Å². The van der Waals surface area contributed by atoms with Crippen molar-refractivity contribution in [1.82, 2.24) is 5.01 Å². The number of carbonyl (C=O) groups is 1. The molecule has 0 N–H and O–H groups in total. The van der Waals surface area contributed by atoms with Gasteiger partial charge in [0.2, 0.25) is 0 Å². The van der Waals surface area contributed by atoms with E-state index in [0.717, 1.165) is 16.1 Å². The lowest BCUT2D eigenvalue weighted by atomic mass is 10.1. The number of thioether (sulfide) groups is 1. The molecule has 1 amide bonds. The molecular weight excluding hydrogens is 304 g/mol. The second kappa shape index (κ2) is 7.19. The summed E-state index contributed by atoms with van der Waals surface area (Å²) in [6.07, 6.45) is 5.00. The molecule has 108 valence electrons. The zero-order chi connectivity index (χ0) is 15.2. The Balaban J connectivity index is 2.19. The molecule has 0 saturated carbocycles. The van der Waals surface area contributed by atoms with E-state index in [1.54, 1.807) is 0 Å². The maximum atomic E-state index is 12.2. The van der Waals surface area contributed by atoms with Gasteiger partial charge >= 0.3 is 0 Å². The molecule has 0 aromatic heterocycles. The van der Waals surface area contributed by atoms with Crippen LogP contribution in [0.1, 0.15) is 12.5 Å². The molecule has 1 saturated heterocycles. The Morgan fingerprint density at radius 1 is 1.38 bits per heavy atom. The number of methoxy groups -OCH3 is 1. The van der Waals surface area contributed by atoms with Crippen LogP contribution in [0.5, 0.6) is 0 Å². The Bertz CT molecular complexity index is 636. The number of hydrogen-bond acceptors (Lipinski definition) is 5. The van der Waals surface area contributed by atoms with E-state index in [4.69, 9.17) is 17.0 Å². The monoisotopic (exact) mass is 318 g/mol. The predicted molar refractivity (Wildman–Crippen MR) is 90.7 cm³/mol. The van der Waals surface area contributed by atoms with Gasteiger partial charge in [-0.2, -0.15) is 5.01 Å². The highest BCUT2D eigenvalue weighted by molar-refractivity contribution is 8.26. The highest BCUT2D eigenvalue weighted by Gasteiger charge is 2.32. The van der Waals surface area contributed by atoms with Gasteiger partial charge in [0.25, 0.3) is 5.91 Å². The number of allylic oxidation sites excluding steroid dienone is 2. The number of hydrazone groups is 1. The van der Waals surface area contributed by atoms with E-state index < -0.39 is 0 Å². The molecule has 0 atom stereocenters. The summed E-state index contributed by atoms with van der Waals surface area (Å²) in [5, 5.41) is 5.02. The van der Waals surface area contributed by atoms with Gasteiger partial charge in [-0.25, -0.2) is 0 Å². The van der Waals surface area contributed by atoms with Gasteiger partial charge in [0.1, 0.15) is 0 Å². The molecule has 0 radical (unpaired) electrons. The smallest absolute Gasteiger partial charge is 0.286 e. The molecule has 0 aliphatic carbocycles. The fraction of sp³-hybridized carbons (Fsp3) is 0.133. The molecule has 2 rings (SSSR count). The van der Waals surface area contributed by atoms with Crippen LogP contribution in [-0.2, 0) is 9.53 Å². The lowest BCUT2D eigenvalue weighted by Gasteiger charge is -2.04. The van der Waals surface area contributed by atoms with Gasteiger partial charge in [0, 0.05) is 0 Å². The molecule has 1 heterocycles. The topological polar surface area (TPSA) is 41.9 Å². The summed E-state index contributed by atoms with van der Waals surface area (Å²) in [5.74, 6) is -0.237. The van der Waals surface area contributed by atoms with E-state index >= 15 is 0 Å². The zero-order valence-electron chi connectivity index (χ0n) is 11.6. The minimum Gasteiger partial charge on any atom is -0.485 e. The summed E-state index contributed by atoms with van der Waals surface area (Å²) >= 11 is 6.36. The largest absolute Gasteiger partial charge is 0.485 e. The molecule has 6 heteroatoms. The van der Waals surface area contributed by atoms with Gasteiger partial charge in [-0.1, -0.05) is 48.2 Å². The van der Waals surface area contributed by atoms with Gasteiger partial charge in [0.05, 0.1) is 12.0 Å². The van der Waals surface area contributed by atoms with E-state index in [0.29, 0.717) is 9.23 Å². The van der Waals surface area contributed by atoms with Gasteiger partial charge in [-0.05, 0) is 36.4 Å². The standard InChI is InChI=1S/C15H14N2O2S2/c1-11(8-12-6-4-3-5-7-12)9-13-14(18)17(15(20)21-13)16-10-19-2/h3-10H,1-2H3/b11-8+,13-9-,16-10+. The second-order valence-corrected chi connectivity index (χ2v) is 5.92. The molecule has 0 bridgehead atoms. The van der Waals surface area contributed by atoms with Crippen LogP contribution >= 0.6 is 24.0 Å². The Kier molecular flexibility index (Phi) is 5.30. The molecule has 0 unspecified atom stereocenters. The molecule has 21 heavy (non-hydrogen) atoms. The molecule has 1 fully saturated rings. The van der Waals surface area contributed by atoms with Gasteiger partial charge in [-0.3, -0.25) is 4.79 Å². The molecule has 1 aromatic carbocycles. The minimum atomic E-state index is -0.237. The van der Waals surface area contributed by atoms with Gasteiger partial charge in [0.15, 0.2) is 10.7 Å². The van der Waals surface area contributed by atoms with Crippen molar-refractivity contribution in [2.75, 3.05) is 7.11 Å². The Hall–Kier alpha value is -1.92. The Morgan fingerprint density at radius 2 is 2.10 bits per heavy atom. The number of amides is 1. The van der Waals surface area contributed by atoms with Crippen LogP contribution in [0.4, 0.5) is 0 Å². The second-order valence-electron chi connectivity index (χ2n) is 4.25. The van der Waals surface area contributed by atoms with Gasteiger partial charge < -0.3 is 4.74 Å². The van der Waals surface area contributed by atoms with Crippen molar-refractivity contribution in [2.24, 2.45) is 5.10 Å². The SMILES string of the molecule is CO/C=N/N1C(=O)/C(=C/C(C)=C/c2ccccc2)SC1=S. The third kappa shape index (κ3) is 4.03. The molecule has 1 aliphatic heterocycles. The number of ether oxygens (including phenoxy) is 1. The van der Waals surface area contributed by atoms with Crippen molar-refractivity contribution in [3.05, 3.63) is 52.4 Å². The first-order chi connectivity index (χ1) is 10.1. The van der Waals surface area contributed by atoms with Crippen LogP contribution in [0.25, 0.3) is 6.08 Å². The average Bonchev–Trinajstić information content (AvgIpc) is 2.72. The van der Waals surface area contributed by atoms with E-state index in [-0.39, 0.29) is 5.91 Å². The lowest BCUT2D eigenvalue weighted by molar-refractivity contribution is -0.122. The third-order valence-electron chi connectivity index (χ3n) is 2.59. The summed E-state index contributed by atoms with van der Waals surface area (Å²) in [6.45, 7) is 1.94. The maximum absolute atomic E-state index is 12.2. The molecular formula is C15H14N2O2S2.